The van der Waals surface area contributed by atoms with E-state index in [0.717, 1.165) is 23.5 Å². The van der Waals surface area contributed by atoms with Gasteiger partial charge in [-0.25, -0.2) is 13.8 Å². The molecule has 2 aromatic carbocycles. The van der Waals surface area contributed by atoms with Gasteiger partial charge in [0.05, 0.1) is 22.3 Å². The molecular weight excluding hydrogens is 444 g/mol. The second-order valence-electron chi connectivity index (χ2n) is 7.81. The van der Waals surface area contributed by atoms with Gasteiger partial charge in [-0.1, -0.05) is 32.0 Å². The number of aromatic amines is 1. The Hall–Kier alpha value is -3.48. The average molecular weight is 467 g/mol. The van der Waals surface area contributed by atoms with Crippen LogP contribution in [0.1, 0.15) is 41.7 Å². The molecule has 2 N–H and O–H groups in total. The maximum absolute atomic E-state index is 14.9. The van der Waals surface area contributed by atoms with Crippen LogP contribution in [0.4, 0.5) is 8.78 Å². The molecule has 0 aliphatic heterocycles. The van der Waals surface area contributed by atoms with Crippen LogP contribution >= 0.6 is 11.3 Å². The summed E-state index contributed by atoms with van der Waals surface area (Å²) in [6.07, 6.45) is 2.22. The largest absolute Gasteiger partial charge is 0.380 e. The number of nitriles is 1. The fraction of sp³-hybridized carbons (Fsp3) is 0.250. The van der Waals surface area contributed by atoms with Gasteiger partial charge in [0.1, 0.15) is 23.8 Å². The number of hydrogen-bond donors (Lipinski definition) is 2. The summed E-state index contributed by atoms with van der Waals surface area (Å²) in [5.41, 5.74) is 0.310. The summed E-state index contributed by atoms with van der Waals surface area (Å²) in [5.74, 6) is -1.45. The Morgan fingerprint density at radius 2 is 2.00 bits per heavy atom. The standard InChI is InChI=1S/C24H21F2N5OS/c1-3-22-28-14-31(30-22)13-24(32,19-9-8-18(25)10-20(19)26)15(2)23-29-21(12-33-23)17-6-4-16(11-27)5-7-17/h4-10,12,14-15,32H,3,13H2,1-2H3/p+1/t15-,24+/m0/s1. The summed E-state index contributed by atoms with van der Waals surface area (Å²) in [6.45, 7) is 3.68. The SMILES string of the molecule is CCc1nc[n+](C[C@](O)(c2ccc(F)cc2F)[C@@H](C)c2nc(-c3ccc(C#N)cc3)cs2)[nH]1. The molecule has 2 aromatic heterocycles. The zero-order valence-corrected chi connectivity index (χ0v) is 18.9. The first-order chi connectivity index (χ1) is 15.8. The number of nitrogens with one attached hydrogen (secondary N) is 1. The third-order valence-corrected chi connectivity index (χ3v) is 6.72. The third kappa shape index (κ3) is 4.53. The maximum Gasteiger partial charge on any atom is 0.307 e. The van der Waals surface area contributed by atoms with Crippen LogP contribution in [0.5, 0.6) is 0 Å². The third-order valence-electron chi connectivity index (χ3n) is 5.69. The quantitative estimate of drug-likeness (QED) is 0.399. The van der Waals surface area contributed by atoms with E-state index >= 15 is 0 Å². The van der Waals surface area contributed by atoms with E-state index in [2.05, 4.69) is 21.1 Å². The van der Waals surface area contributed by atoms with Crippen molar-refractivity contribution in [2.45, 2.75) is 38.3 Å². The van der Waals surface area contributed by atoms with Crippen molar-refractivity contribution >= 4 is 11.3 Å². The van der Waals surface area contributed by atoms with Crippen molar-refractivity contribution in [3.8, 4) is 17.3 Å². The maximum atomic E-state index is 14.9. The van der Waals surface area contributed by atoms with Crippen LogP contribution in [0.15, 0.2) is 54.2 Å². The van der Waals surface area contributed by atoms with Crippen LogP contribution in [0.25, 0.3) is 11.3 Å². The molecular formula is C24H22F2N5OS+. The van der Waals surface area contributed by atoms with E-state index in [1.165, 1.54) is 17.4 Å². The average Bonchev–Trinajstić information content (AvgIpc) is 3.48. The number of H-pyrrole nitrogens is 1. The molecule has 0 saturated carbocycles. The lowest BCUT2D eigenvalue weighted by atomic mass is 9.82. The minimum absolute atomic E-state index is 0.0216. The van der Waals surface area contributed by atoms with Gasteiger partial charge < -0.3 is 5.11 Å². The number of rotatable bonds is 7. The normalized spacial score (nSPS) is 13.9. The van der Waals surface area contributed by atoms with Crippen molar-refractivity contribution in [1.29, 1.82) is 5.26 Å². The summed E-state index contributed by atoms with van der Waals surface area (Å²) in [6, 6.07) is 12.3. The summed E-state index contributed by atoms with van der Waals surface area (Å²) < 4.78 is 30.1. The molecule has 168 valence electrons. The number of aryl methyl sites for hydroxylation is 1. The van der Waals surface area contributed by atoms with E-state index in [1.807, 2.05) is 12.3 Å². The summed E-state index contributed by atoms with van der Waals surface area (Å²) in [5, 5.41) is 26.4. The van der Waals surface area contributed by atoms with Crippen molar-refractivity contribution in [2.75, 3.05) is 0 Å². The van der Waals surface area contributed by atoms with Crippen LogP contribution in [0.2, 0.25) is 0 Å². The molecule has 0 aliphatic rings. The van der Waals surface area contributed by atoms with Crippen LogP contribution < -0.4 is 4.68 Å². The zero-order valence-electron chi connectivity index (χ0n) is 18.1. The number of nitrogens with zero attached hydrogens (tertiary/aromatic N) is 4. The molecule has 2 heterocycles. The van der Waals surface area contributed by atoms with Crippen molar-refractivity contribution in [3.05, 3.63) is 87.8 Å². The molecule has 0 bridgehead atoms. The minimum Gasteiger partial charge on any atom is -0.380 e. The predicted octanol–water partition coefficient (Wildman–Crippen LogP) is 4.22. The van der Waals surface area contributed by atoms with Crippen LogP contribution in [-0.2, 0) is 18.6 Å². The Kier molecular flexibility index (Phi) is 6.31. The molecule has 0 fully saturated rings. The van der Waals surface area contributed by atoms with E-state index in [-0.39, 0.29) is 12.1 Å². The van der Waals surface area contributed by atoms with E-state index in [1.54, 1.807) is 42.2 Å². The first-order valence-corrected chi connectivity index (χ1v) is 11.3. The molecule has 33 heavy (non-hydrogen) atoms. The van der Waals surface area contributed by atoms with Crippen LogP contribution in [0, 0.1) is 23.0 Å². The Morgan fingerprint density at radius 3 is 2.64 bits per heavy atom. The molecule has 6 nitrogen and oxygen atoms in total. The number of aliphatic hydroxyl groups is 1. The first-order valence-electron chi connectivity index (χ1n) is 10.4. The predicted molar refractivity (Wildman–Crippen MR) is 119 cm³/mol. The van der Waals surface area contributed by atoms with Crippen LogP contribution in [0.3, 0.4) is 0 Å². The molecule has 0 radical (unpaired) electrons. The highest BCUT2D eigenvalue weighted by Crippen LogP contribution is 2.40. The molecule has 0 saturated heterocycles. The smallest absolute Gasteiger partial charge is 0.307 e. The highest BCUT2D eigenvalue weighted by molar-refractivity contribution is 7.10. The number of benzene rings is 2. The van der Waals surface area contributed by atoms with Gasteiger partial charge in [-0.05, 0) is 23.2 Å². The van der Waals surface area contributed by atoms with Gasteiger partial charge in [-0.2, -0.15) is 15.0 Å². The molecule has 4 aromatic rings. The molecule has 0 unspecified atom stereocenters. The Balaban J connectivity index is 1.73. The number of hydrogen-bond acceptors (Lipinski definition) is 5. The fourth-order valence-electron chi connectivity index (χ4n) is 3.71. The molecule has 4 rings (SSSR count). The second kappa shape index (κ2) is 9.17. The minimum atomic E-state index is -1.74. The fourth-order valence-corrected chi connectivity index (χ4v) is 4.68. The van der Waals surface area contributed by atoms with Gasteiger partial charge in [-0.3, -0.25) is 0 Å². The van der Waals surface area contributed by atoms with Gasteiger partial charge in [-0.15, -0.1) is 11.3 Å². The lowest BCUT2D eigenvalue weighted by Gasteiger charge is -2.32. The Morgan fingerprint density at radius 1 is 1.24 bits per heavy atom. The number of halogens is 2. The summed E-state index contributed by atoms with van der Waals surface area (Å²) >= 11 is 1.35. The van der Waals surface area contributed by atoms with E-state index in [4.69, 9.17) is 5.26 Å². The number of thiazole rings is 1. The molecule has 0 spiro atoms. The monoisotopic (exact) mass is 466 g/mol. The van der Waals surface area contributed by atoms with Gasteiger partial charge >= 0.3 is 6.33 Å². The van der Waals surface area contributed by atoms with Crippen molar-refractivity contribution in [1.82, 2.24) is 15.1 Å². The topological polar surface area (TPSA) is 89.5 Å². The second-order valence-corrected chi connectivity index (χ2v) is 8.70. The highest BCUT2D eigenvalue weighted by Gasteiger charge is 2.43. The summed E-state index contributed by atoms with van der Waals surface area (Å²) in [7, 11) is 0. The van der Waals surface area contributed by atoms with Gasteiger partial charge in [0, 0.05) is 34.9 Å². The Labute approximate surface area is 193 Å². The zero-order chi connectivity index (χ0) is 23.6. The lowest BCUT2D eigenvalue weighted by Crippen LogP contribution is -2.50. The summed E-state index contributed by atoms with van der Waals surface area (Å²) in [4.78, 5) is 8.93. The van der Waals surface area contributed by atoms with Crippen molar-refractivity contribution < 1.29 is 18.6 Å². The lowest BCUT2D eigenvalue weighted by molar-refractivity contribution is -0.765. The van der Waals surface area contributed by atoms with Crippen molar-refractivity contribution in [3.63, 3.8) is 0 Å². The Bertz CT molecular complexity index is 1310. The highest BCUT2D eigenvalue weighted by atomic mass is 32.1. The van der Waals surface area contributed by atoms with E-state index in [0.29, 0.717) is 22.7 Å². The van der Waals surface area contributed by atoms with E-state index in [9.17, 15) is 13.9 Å². The number of aromatic nitrogens is 4. The van der Waals surface area contributed by atoms with Gasteiger partial charge in [0.15, 0.2) is 0 Å². The first kappa shape index (κ1) is 22.7. The molecule has 2 atom stereocenters. The van der Waals surface area contributed by atoms with Crippen molar-refractivity contribution in [2.24, 2.45) is 0 Å². The van der Waals surface area contributed by atoms with Gasteiger partial charge in [0.2, 0.25) is 0 Å². The van der Waals surface area contributed by atoms with Gasteiger partial charge in [0.25, 0.3) is 5.82 Å². The molecule has 9 heteroatoms. The molecule has 0 aliphatic carbocycles. The molecule has 0 amide bonds. The van der Waals surface area contributed by atoms with E-state index < -0.39 is 23.2 Å². The van der Waals surface area contributed by atoms with Crippen LogP contribution in [-0.4, -0.2) is 20.2 Å².